The van der Waals surface area contributed by atoms with Crippen molar-refractivity contribution in [3.63, 3.8) is 0 Å². The largest absolute Gasteiger partial charge is 0.489 e. The Bertz CT molecular complexity index is 701. The Balaban J connectivity index is 0.00000243. The quantitative estimate of drug-likeness (QED) is 0.803. The van der Waals surface area contributed by atoms with Crippen molar-refractivity contribution in [2.24, 2.45) is 0 Å². The number of nitrogens with zero attached hydrogens (tertiary/aromatic N) is 3. The number of hydrogen-bond acceptors (Lipinski definition) is 5. The molecule has 26 heavy (non-hydrogen) atoms. The molecule has 2 N–H and O–H groups in total. The van der Waals surface area contributed by atoms with Gasteiger partial charge in [0.25, 0.3) is 5.91 Å². The summed E-state index contributed by atoms with van der Waals surface area (Å²) < 4.78 is 7.66. The molecule has 0 aliphatic carbocycles. The van der Waals surface area contributed by atoms with Crippen molar-refractivity contribution in [2.45, 2.75) is 38.8 Å². The fourth-order valence-electron chi connectivity index (χ4n) is 3.04. The summed E-state index contributed by atoms with van der Waals surface area (Å²) in [6.45, 7) is 6.18. The van der Waals surface area contributed by atoms with Crippen LogP contribution in [0.25, 0.3) is 0 Å². The molecule has 1 fully saturated rings. The zero-order valence-corrected chi connectivity index (χ0v) is 16.0. The van der Waals surface area contributed by atoms with Gasteiger partial charge in [0.2, 0.25) is 0 Å². The Hall–Kier alpha value is -2.12. The standard InChI is InChI=1S/C18H25N5O2.ClH/c1-13(25-16-6-4-3-5-7-16)12-20-18(24)17-14(2)23(22-21-17)15-8-10-19-11-9-15;/h3-7,13,15,19H,8-12H2,1-2H3,(H,20,24);1H. The van der Waals surface area contributed by atoms with Crippen LogP contribution in [0.5, 0.6) is 5.75 Å². The lowest BCUT2D eigenvalue weighted by Crippen LogP contribution is -2.34. The van der Waals surface area contributed by atoms with Crippen molar-refractivity contribution in [3.8, 4) is 5.75 Å². The number of amides is 1. The summed E-state index contributed by atoms with van der Waals surface area (Å²) in [5.41, 5.74) is 1.21. The van der Waals surface area contributed by atoms with Gasteiger partial charge < -0.3 is 15.4 Å². The number of benzene rings is 1. The molecule has 1 aromatic carbocycles. The molecule has 1 aliphatic heterocycles. The third-order valence-electron chi connectivity index (χ3n) is 4.43. The predicted molar refractivity (Wildman–Crippen MR) is 102 cm³/mol. The van der Waals surface area contributed by atoms with Gasteiger partial charge in [-0.2, -0.15) is 0 Å². The lowest BCUT2D eigenvalue weighted by Gasteiger charge is -2.23. The number of carbonyl (C=O) groups excluding carboxylic acids is 1. The fourth-order valence-corrected chi connectivity index (χ4v) is 3.04. The molecular weight excluding hydrogens is 354 g/mol. The van der Waals surface area contributed by atoms with E-state index < -0.39 is 0 Å². The first kappa shape index (κ1) is 20.2. The van der Waals surface area contributed by atoms with Gasteiger partial charge >= 0.3 is 0 Å². The highest BCUT2D eigenvalue weighted by Crippen LogP contribution is 2.20. The summed E-state index contributed by atoms with van der Waals surface area (Å²) in [7, 11) is 0. The van der Waals surface area contributed by atoms with E-state index in [1.54, 1.807) is 0 Å². The van der Waals surface area contributed by atoms with Crippen LogP contribution in [-0.4, -0.2) is 46.6 Å². The molecule has 0 radical (unpaired) electrons. The van der Waals surface area contributed by atoms with Gasteiger partial charge in [0.15, 0.2) is 5.69 Å². The van der Waals surface area contributed by atoms with Crippen molar-refractivity contribution in [1.82, 2.24) is 25.6 Å². The average molecular weight is 380 g/mol. The fraction of sp³-hybridized carbons (Fsp3) is 0.500. The second-order valence-electron chi connectivity index (χ2n) is 6.40. The summed E-state index contributed by atoms with van der Waals surface area (Å²) in [6, 6.07) is 9.88. The molecule has 7 nitrogen and oxygen atoms in total. The van der Waals surface area contributed by atoms with E-state index in [0.29, 0.717) is 18.3 Å². The zero-order valence-electron chi connectivity index (χ0n) is 15.1. The molecule has 1 atom stereocenters. The molecule has 1 aromatic heterocycles. The minimum Gasteiger partial charge on any atom is -0.489 e. The maximum Gasteiger partial charge on any atom is 0.273 e. The number of carbonyl (C=O) groups is 1. The number of hydrogen-bond donors (Lipinski definition) is 2. The first-order valence-corrected chi connectivity index (χ1v) is 8.77. The number of nitrogens with one attached hydrogen (secondary N) is 2. The summed E-state index contributed by atoms with van der Waals surface area (Å²) in [5, 5.41) is 14.5. The zero-order chi connectivity index (χ0) is 17.6. The topological polar surface area (TPSA) is 81.1 Å². The van der Waals surface area contributed by atoms with Crippen LogP contribution in [0, 0.1) is 6.92 Å². The van der Waals surface area contributed by atoms with Crippen molar-refractivity contribution in [3.05, 3.63) is 41.7 Å². The second kappa shape index (κ2) is 9.54. The van der Waals surface area contributed by atoms with E-state index in [9.17, 15) is 4.79 Å². The van der Waals surface area contributed by atoms with Gasteiger partial charge in [-0.3, -0.25) is 4.79 Å². The lowest BCUT2D eigenvalue weighted by atomic mass is 10.1. The predicted octanol–water partition coefficient (Wildman–Crippen LogP) is 2.13. The molecule has 8 heteroatoms. The van der Waals surface area contributed by atoms with E-state index in [1.165, 1.54) is 0 Å². The molecule has 1 aliphatic rings. The number of aromatic nitrogens is 3. The molecule has 1 saturated heterocycles. The lowest BCUT2D eigenvalue weighted by molar-refractivity contribution is 0.0926. The van der Waals surface area contributed by atoms with Crippen LogP contribution < -0.4 is 15.4 Å². The minimum atomic E-state index is -0.207. The van der Waals surface area contributed by atoms with Crippen LogP contribution in [0.3, 0.4) is 0 Å². The highest BCUT2D eigenvalue weighted by atomic mass is 35.5. The summed E-state index contributed by atoms with van der Waals surface area (Å²) in [5.74, 6) is 0.582. The third kappa shape index (κ3) is 4.95. The molecule has 0 bridgehead atoms. The Labute approximate surface area is 159 Å². The van der Waals surface area contributed by atoms with E-state index in [-0.39, 0.29) is 24.4 Å². The summed E-state index contributed by atoms with van der Waals surface area (Å²) in [6.07, 6.45) is 1.88. The number of piperidine rings is 1. The number of para-hydroxylation sites is 1. The molecule has 2 heterocycles. The SMILES string of the molecule is Cc1c(C(=O)NCC(C)Oc2ccccc2)nnn1C1CCNCC1.Cl. The van der Waals surface area contributed by atoms with Gasteiger partial charge in [-0.15, -0.1) is 17.5 Å². The van der Waals surface area contributed by atoms with E-state index in [1.807, 2.05) is 48.9 Å². The summed E-state index contributed by atoms with van der Waals surface area (Å²) >= 11 is 0. The molecule has 2 aromatic rings. The Morgan fingerprint density at radius 3 is 2.73 bits per heavy atom. The van der Waals surface area contributed by atoms with E-state index in [4.69, 9.17) is 4.74 Å². The van der Waals surface area contributed by atoms with Crippen molar-refractivity contribution < 1.29 is 9.53 Å². The maximum absolute atomic E-state index is 12.4. The third-order valence-corrected chi connectivity index (χ3v) is 4.43. The van der Waals surface area contributed by atoms with Crippen LogP contribution in [0.1, 0.15) is 42.0 Å². The number of ether oxygens (including phenoxy) is 1. The molecule has 0 saturated carbocycles. The highest BCUT2D eigenvalue weighted by Gasteiger charge is 2.23. The molecule has 3 rings (SSSR count). The number of halogens is 1. The molecule has 142 valence electrons. The molecular formula is C18H26ClN5O2. The normalized spacial score (nSPS) is 15.8. The first-order valence-electron chi connectivity index (χ1n) is 8.77. The number of rotatable bonds is 6. The van der Waals surface area contributed by atoms with E-state index in [2.05, 4.69) is 20.9 Å². The van der Waals surface area contributed by atoms with Gasteiger partial charge in [-0.1, -0.05) is 23.4 Å². The van der Waals surface area contributed by atoms with E-state index >= 15 is 0 Å². The van der Waals surface area contributed by atoms with Crippen molar-refractivity contribution >= 4 is 18.3 Å². The molecule has 1 amide bonds. The van der Waals surface area contributed by atoms with Crippen molar-refractivity contribution in [2.75, 3.05) is 19.6 Å². The van der Waals surface area contributed by atoms with Gasteiger partial charge in [0.1, 0.15) is 11.9 Å². The van der Waals surface area contributed by atoms with Crippen LogP contribution in [0.2, 0.25) is 0 Å². The van der Waals surface area contributed by atoms with Gasteiger partial charge in [-0.05, 0) is 51.9 Å². The minimum absolute atomic E-state index is 0. The van der Waals surface area contributed by atoms with Gasteiger partial charge in [-0.25, -0.2) is 4.68 Å². The Morgan fingerprint density at radius 2 is 2.04 bits per heavy atom. The molecule has 0 spiro atoms. The van der Waals surface area contributed by atoms with Crippen LogP contribution in [-0.2, 0) is 0 Å². The molecule has 1 unspecified atom stereocenters. The van der Waals surface area contributed by atoms with Crippen molar-refractivity contribution in [1.29, 1.82) is 0 Å². The monoisotopic (exact) mass is 379 g/mol. The van der Waals surface area contributed by atoms with Crippen LogP contribution >= 0.6 is 12.4 Å². The highest BCUT2D eigenvalue weighted by molar-refractivity contribution is 5.93. The smallest absolute Gasteiger partial charge is 0.273 e. The second-order valence-corrected chi connectivity index (χ2v) is 6.40. The van der Waals surface area contributed by atoms with Crippen LogP contribution in [0.15, 0.2) is 30.3 Å². The summed E-state index contributed by atoms with van der Waals surface area (Å²) in [4.78, 5) is 12.4. The maximum atomic E-state index is 12.4. The average Bonchev–Trinajstić information content (AvgIpc) is 3.03. The van der Waals surface area contributed by atoms with Gasteiger partial charge in [0, 0.05) is 0 Å². The Morgan fingerprint density at radius 1 is 1.35 bits per heavy atom. The van der Waals surface area contributed by atoms with E-state index in [0.717, 1.165) is 37.4 Å². The van der Waals surface area contributed by atoms with Crippen LogP contribution in [0.4, 0.5) is 0 Å². The van der Waals surface area contributed by atoms with Gasteiger partial charge in [0.05, 0.1) is 18.3 Å². The first-order chi connectivity index (χ1) is 12.1. The Kier molecular flexibility index (Phi) is 7.41.